The lowest BCUT2D eigenvalue weighted by atomic mass is 10.2. The van der Waals surface area contributed by atoms with Crippen LogP contribution >= 0.6 is 11.6 Å². The molecule has 2 N–H and O–H groups in total. The van der Waals surface area contributed by atoms with Gasteiger partial charge in [-0.1, -0.05) is 17.7 Å². The minimum absolute atomic E-state index is 0.196. The zero-order valence-corrected chi connectivity index (χ0v) is 14.0. The summed E-state index contributed by atoms with van der Waals surface area (Å²) in [7, 11) is 1.62. The van der Waals surface area contributed by atoms with Crippen molar-refractivity contribution in [3.05, 3.63) is 59.1 Å². The van der Waals surface area contributed by atoms with Crippen LogP contribution in [0.5, 0.6) is 5.75 Å². The number of methoxy groups -OCH3 is 1. The largest absolute Gasteiger partial charge is 0.497 e. The number of rotatable bonds is 5. The lowest BCUT2D eigenvalue weighted by Crippen LogP contribution is -2.90. The fourth-order valence-electron chi connectivity index (χ4n) is 2.77. The van der Waals surface area contributed by atoms with E-state index in [0.717, 1.165) is 11.3 Å². The summed E-state index contributed by atoms with van der Waals surface area (Å²) in [5, 5.41) is 2.39. The molecule has 0 unspecified atom stereocenters. The second kappa shape index (κ2) is 7.03. The molecule has 1 aliphatic rings. The summed E-state index contributed by atoms with van der Waals surface area (Å²) in [6.45, 7) is 0.622. The molecule has 0 saturated carbocycles. The number of halogens is 1. The Labute approximate surface area is 145 Å². The first-order valence-electron chi connectivity index (χ1n) is 7.67. The van der Waals surface area contributed by atoms with Crippen LogP contribution in [0.15, 0.2) is 48.5 Å². The van der Waals surface area contributed by atoms with Gasteiger partial charge in [-0.25, -0.2) is 4.90 Å². The van der Waals surface area contributed by atoms with Gasteiger partial charge in [-0.15, -0.1) is 0 Å². The molecule has 24 heavy (non-hydrogen) atoms. The number of hydrogen-bond acceptors (Lipinski definition) is 3. The van der Waals surface area contributed by atoms with Crippen LogP contribution in [0.4, 0.5) is 5.69 Å². The molecule has 2 aromatic carbocycles. The topological polar surface area (TPSA) is 63.2 Å². The predicted octanol–water partition coefficient (Wildman–Crippen LogP) is 1.74. The van der Waals surface area contributed by atoms with Crippen molar-refractivity contribution in [3.63, 3.8) is 0 Å². The third kappa shape index (κ3) is 3.42. The Kier molecular flexibility index (Phi) is 4.83. The molecular formula is C18H18ClN2O3+. The Morgan fingerprint density at radius 1 is 1.21 bits per heavy atom. The SMILES string of the molecule is COc1ccc(C[NH2+][C@H]2CC(=O)N(c3cccc(Cl)c3)C2=O)cc1. The molecule has 1 saturated heterocycles. The fourth-order valence-corrected chi connectivity index (χ4v) is 2.95. The van der Waals surface area contributed by atoms with Crippen molar-refractivity contribution in [2.45, 2.75) is 19.0 Å². The first kappa shape index (κ1) is 16.5. The summed E-state index contributed by atoms with van der Waals surface area (Å²) in [4.78, 5) is 26.0. The van der Waals surface area contributed by atoms with E-state index < -0.39 is 6.04 Å². The number of nitrogens with zero attached hydrogens (tertiary/aromatic N) is 1. The number of amides is 2. The van der Waals surface area contributed by atoms with Crippen LogP contribution < -0.4 is 15.0 Å². The summed E-state index contributed by atoms with van der Waals surface area (Å²) < 4.78 is 5.12. The Morgan fingerprint density at radius 2 is 1.96 bits per heavy atom. The predicted molar refractivity (Wildman–Crippen MR) is 91.0 cm³/mol. The van der Waals surface area contributed by atoms with Crippen molar-refractivity contribution >= 4 is 29.1 Å². The summed E-state index contributed by atoms with van der Waals surface area (Å²) in [5.41, 5.74) is 1.59. The Hall–Kier alpha value is -2.37. The number of ether oxygens (including phenoxy) is 1. The normalized spacial score (nSPS) is 17.4. The van der Waals surface area contributed by atoms with Crippen molar-refractivity contribution in [2.75, 3.05) is 12.0 Å². The standard InChI is InChI=1S/C18H17ClN2O3/c1-24-15-7-5-12(6-8-15)11-20-16-10-17(22)21(18(16)23)14-4-2-3-13(19)9-14/h2-9,16,20H,10-11H2,1H3/p+1/t16-/m0/s1. The van der Waals surface area contributed by atoms with Gasteiger partial charge in [0.1, 0.15) is 12.3 Å². The fraction of sp³-hybridized carbons (Fsp3) is 0.222. The second-order valence-electron chi connectivity index (χ2n) is 5.65. The number of nitrogens with two attached hydrogens (primary N) is 1. The highest BCUT2D eigenvalue weighted by Crippen LogP contribution is 2.24. The summed E-state index contributed by atoms with van der Waals surface area (Å²) in [6, 6.07) is 14.0. The number of carbonyl (C=O) groups excluding carboxylic acids is 2. The molecule has 0 aromatic heterocycles. The molecule has 0 bridgehead atoms. The van der Waals surface area contributed by atoms with Crippen LogP contribution in [-0.2, 0) is 16.1 Å². The first-order chi connectivity index (χ1) is 11.6. The zero-order valence-electron chi connectivity index (χ0n) is 13.2. The molecule has 3 rings (SSSR count). The van der Waals surface area contributed by atoms with E-state index in [9.17, 15) is 9.59 Å². The van der Waals surface area contributed by atoms with Crippen LogP contribution in [0.2, 0.25) is 5.02 Å². The monoisotopic (exact) mass is 345 g/mol. The van der Waals surface area contributed by atoms with Gasteiger partial charge in [0.25, 0.3) is 5.91 Å². The van der Waals surface area contributed by atoms with Gasteiger partial charge in [0.05, 0.1) is 19.2 Å². The maximum Gasteiger partial charge on any atom is 0.292 e. The van der Waals surface area contributed by atoms with E-state index >= 15 is 0 Å². The number of anilines is 1. The summed E-state index contributed by atoms with van der Waals surface area (Å²) in [5.74, 6) is 0.395. The maximum absolute atomic E-state index is 12.6. The third-order valence-corrected chi connectivity index (χ3v) is 4.28. The number of hydrogen-bond donors (Lipinski definition) is 1. The van der Waals surface area contributed by atoms with E-state index in [2.05, 4.69) is 0 Å². The molecule has 0 aliphatic carbocycles. The van der Waals surface area contributed by atoms with Gasteiger partial charge in [-0.3, -0.25) is 9.59 Å². The van der Waals surface area contributed by atoms with Gasteiger partial charge in [-0.2, -0.15) is 0 Å². The lowest BCUT2D eigenvalue weighted by Gasteiger charge is -2.14. The number of carbonyl (C=O) groups is 2. The molecule has 1 heterocycles. The van der Waals surface area contributed by atoms with E-state index in [1.807, 2.05) is 29.6 Å². The van der Waals surface area contributed by atoms with Gasteiger partial charge >= 0.3 is 0 Å². The van der Waals surface area contributed by atoms with Gasteiger partial charge in [0.15, 0.2) is 6.04 Å². The highest BCUT2D eigenvalue weighted by molar-refractivity contribution is 6.31. The van der Waals surface area contributed by atoms with Gasteiger partial charge in [-0.05, 0) is 42.5 Å². The van der Waals surface area contributed by atoms with Crippen molar-refractivity contribution in [1.29, 1.82) is 0 Å². The summed E-state index contributed by atoms with van der Waals surface area (Å²) >= 11 is 5.95. The molecule has 1 aliphatic heterocycles. The Balaban J connectivity index is 1.67. The molecular weight excluding hydrogens is 328 g/mol. The molecule has 2 amide bonds. The highest BCUT2D eigenvalue weighted by Gasteiger charge is 2.42. The van der Waals surface area contributed by atoms with Gasteiger partial charge in [0, 0.05) is 10.6 Å². The van der Waals surface area contributed by atoms with Gasteiger partial charge in [0.2, 0.25) is 5.91 Å². The van der Waals surface area contributed by atoms with E-state index in [1.54, 1.807) is 31.4 Å². The van der Waals surface area contributed by atoms with Crippen molar-refractivity contribution in [1.82, 2.24) is 0 Å². The smallest absolute Gasteiger partial charge is 0.292 e. The highest BCUT2D eigenvalue weighted by atomic mass is 35.5. The number of quaternary nitrogens is 1. The second-order valence-corrected chi connectivity index (χ2v) is 6.08. The maximum atomic E-state index is 12.6. The van der Waals surface area contributed by atoms with Gasteiger partial charge < -0.3 is 10.1 Å². The minimum Gasteiger partial charge on any atom is -0.497 e. The van der Waals surface area contributed by atoms with Crippen molar-refractivity contribution in [3.8, 4) is 5.75 Å². The van der Waals surface area contributed by atoms with Crippen LogP contribution in [0.25, 0.3) is 0 Å². The summed E-state index contributed by atoms with van der Waals surface area (Å²) in [6.07, 6.45) is 0.196. The van der Waals surface area contributed by atoms with Crippen LogP contribution in [-0.4, -0.2) is 25.0 Å². The van der Waals surface area contributed by atoms with E-state index in [0.29, 0.717) is 17.3 Å². The molecule has 1 fully saturated rings. The quantitative estimate of drug-likeness (QED) is 0.840. The Morgan fingerprint density at radius 3 is 2.62 bits per heavy atom. The first-order valence-corrected chi connectivity index (χ1v) is 8.05. The molecule has 0 spiro atoms. The molecule has 6 heteroatoms. The zero-order chi connectivity index (χ0) is 17.1. The average molecular weight is 346 g/mol. The minimum atomic E-state index is -0.404. The number of benzene rings is 2. The van der Waals surface area contributed by atoms with E-state index in [4.69, 9.17) is 16.3 Å². The average Bonchev–Trinajstić information content (AvgIpc) is 2.87. The molecule has 1 atom stereocenters. The van der Waals surface area contributed by atoms with Crippen LogP contribution in [0.1, 0.15) is 12.0 Å². The molecule has 2 aromatic rings. The molecule has 5 nitrogen and oxygen atoms in total. The Bertz CT molecular complexity index is 761. The van der Waals surface area contributed by atoms with Crippen LogP contribution in [0, 0.1) is 0 Å². The van der Waals surface area contributed by atoms with Crippen molar-refractivity contribution < 1.29 is 19.6 Å². The van der Waals surface area contributed by atoms with E-state index in [-0.39, 0.29) is 18.2 Å². The third-order valence-electron chi connectivity index (χ3n) is 4.05. The lowest BCUT2D eigenvalue weighted by molar-refractivity contribution is -0.690. The van der Waals surface area contributed by atoms with Crippen LogP contribution in [0.3, 0.4) is 0 Å². The van der Waals surface area contributed by atoms with Crippen molar-refractivity contribution in [2.24, 2.45) is 0 Å². The number of imide groups is 1. The molecule has 124 valence electrons. The van der Waals surface area contributed by atoms with E-state index in [1.165, 1.54) is 4.90 Å². The molecule has 0 radical (unpaired) electrons.